The highest BCUT2D eigenvalue weighted by Crippen LogP contribution is 2.43. The van der Waals surface area contributed by atoms with E-state index in [1.165, 1.54) is 5.56 Å². The zero-order valence-corrected chi connectivity index (χ0v) is 16.7. The standard InChI is InChI=1S/C25H28N2O2/c1-18-12-14-21(15-13-18)25(19-8-4-2-5-9-19,20-10-6-3-7-11-20)23(27)17-16-22(26)24(28)29/h2-15,22-23H,16-17,26-27H2,1H3,(H,28,29)/t22-,23?/m0/s1. The van der Waals surface area contributed by atoms with Crippen LogP contribution in [0.25, 0.3) is 0 Å². The summed E-state index contributed by atoms with van der Waals surface area (Å²) in [5.74, 6) is -1.00. The quantitative estimate of drug-likeness (QED) is 0.511. The highest BCUT2D eigenvalue weighted by molar-refractivity contribution is 5.73. The van der Waals surface area contributed by atoms with Gasteiger partial charge in [-0.05, 0) is 36.5 Å². The summed E-state index contributed by atoms with van der Waals surface area (Å²) in [6, 6.07) is 27.5. The van der Waals surface area contributed by atoms with E-state index in [1.54, 1.807) is 0 Å². The van der Waals surface area contributed by atoms with Gasteiger partial charge in [0, 0.05) is 6.04 Å². The fourth-order valence-corrected chi connectivity index (χ4v) is 4.06. The van der Waals surface area contributed by atoms with Crippen molar-refractivity contribution in [3.8, 4) is 0 Å². The maximum Gasteiger partial charge on any atom is 0.320 e. The number of nitrogens with two attached hydrogens (primary N) is 2. The summed E-state index contributed by atoms with van der Waals surface area (Å²) in [6.07, 6.45) is 0.787. The molecule has 29 heavy (non-hydrogen) atoms. The zero-order chi connectivity index (χ0) is 20.9. The second kappa shape index (κ2) is 9.03. The molecular formula is C25H28N2O2. The van der Waals surface area contributed by atoms with E-state index in [0.29, 0.717) is 12.8 Å². The van der Waals surface area contributed by atoms with Gasteiger partial charge in [0.05, 0.1) is 5.41 Å². The average molecular weight is 389 g/mol. The number of aryl methyl sites for hydroxylation is 1. The molecule has 4 nitrogen and oxygen atoms in total. The minimum atomic E-state index is -1.00. The minimum Gasteiger partial charge on any atom is -0.480 e. The lowest BCUT2D eigenvalue weighted by Gasteiger charge is -2.41. The Morgan fingerprint density at radius 3 is 1.69 bits per heavy atom. The Hall–Kier alpha value is -2.95. The summed E-state index contributed by atoms with van der Waals surface area (Å²) in [5, 5.41) is 9.21. The number of rotatable bonds is 8. The topological polar surface area (TPSA) is 89.3 Å². The van der Waals surface area contributed by atoms with Crippen LogP contribution in [0.5, 0.6) is 0 Å². The summed E-state index contributed by atoms with van der Waals surface area (Å²) in [5.41, 5.74) is 16.5. The average Bonchev–Trinajstić information content (AvgIpc) is 2.75. The van der Waals surface area contributed by atoms with Crippen molar-refractivity contribution in [1.29, 1.82) is 0 Å². The number of hydrogen-bond acceptors (Lipinski definition) is 3. The molecule has 0 fully saturated rings. The normalized spacial score (nSPS) is 13.6. The molecule has 3 rings (SSSR count). The Kier molecular flexibility index (Phi) is 6.47. The third-order valence-electron chi connectivity index (χ3n) is 5.63. The van der Waals surface area contributed by atoms with E-state index in [0.717, 1.165) is 16.7 Å². The SMILES string of the molecule is Cc1ccc(C(c2ccccc2)(c2ccccc2)C(N)CC[C@H](N)C(=O)O)cc1. The molecule has 0 heterocycles. The first-order valence-corrected chi connectivity index (χ1v) is 9.88. The molecule has 0 spiro atoms. The molecule has 0 radical (unpaired) electrons. The molecule has 3 aromatic carbocycles. The van der Waals surface area contributed by atoms with Gasteiger partial charge in [-0.1, -0.05) is 90.5 Å². The lowest BCUT2D eigenvalue weighted by Crippen LogP contribution is -2.48. The van der Waals surface area contributed by atoms with Crippen molar-refractivity contribution in [2.24, 2.45) is 11.5 Å². The second-order valence-corrected chi connectivity index (χ2v) is 7.53. The van der Waals surface area contributed by atoms with Crippen LogP contribution in [-0.2, 0) is 10.2 Å². The molecule has 150 valence electrons. The largest absolute Gasteiger partial charge is 0.480 e. The maximum absolute atomic E-state index is 11.2. The van der Waals surface area contributed by atoms with Gasteiger partial charge in [0.25, 0.3) is 0 Å². The van der Waals surface area contributed by atoms with Crippen molar-refractivity contribution in [3.63, 3.8) is 0 Å². The maximum atomic E-state index is 11.2. The van der Waals surface area contributed by atoms with E-state index in [-0.39, 0.29) is 6.04 Å². The predicted molar refractivity (Wildman–Crippen MR) is 117 cm³/mol. The fourth-order valence-electron chi connectivity index (χ4n) is 4.06. The van der Waals surface area contributed by atoms with Gasteiger partial charge in [0.2, 0.25) is 0 Å². The summed E-state index contributed by atoms with van der Waals surface area (Å²) in [4.78, 5) is 11.2. The van der Waals surface area contributed by atoms with E-state index in [2.05, 4.69) is 55.5 Å². The van der Waals surface area contributed by atoms with Crippen LogP contribution in [0.3, 0.4) is 0 Å². The molecular weight excluding hydrogens is 360 g/mol. The van der Waals surface area contributed by atoms with E-state index in [1.807, 2.05) is 36.4 Å². The Balaban J connectivity index is 2.20. The van der Waals surface area contributed by atoms with Gasteiger partial charge in [-0.15, -0.1) is 0 Å². The Morgan fingerprint density at radius 1 is 0.793 bits per heavy atom. The second-order valence-electron chi connectivity index (χ2n) is 7.53. The minimum absolute atomic E-state index is 0.309. The third-order valence-corrected chi connectivity index (χ3v) is 5.63. The fraction of sp³-hybridized carbons (Fsp3) is 0.240. The van der Waals surface area contributed by atoms with Crippen molar-refractivity contribution in [1.82, 2.24) is 0 Å². The van der Waals surface area contributed by atoms with Crippen LogP contribution < -0.4 is 11.5 Å². The van der Waals surface area contributed by atoms with Crippen molar-refractivity contribution in [2.45, 2.75) is 37.3 Å². The molecule has 4 heteroatoms. The lowest BCUT2D eigenvalue weighted by molar-refractivity contribution is -0.138. The molecule has 0 aromatic heterocycles. The van der Waals surface area contributed by atoms with Crippen LogP contribution in [0.1, 0.15) is 35.1 Å². The van der Waals surface area contributed by atoms with Crippen molar-refractivity contribution >= 4 is 5.97 Å². The van der Waals surface area contributed by atoms with Gasteiger partial charge in [-0.2, -0.15) is 0 Å². The van der Waals surface area contributed by atoms with Crippen LogP contribution in [0.4, 0.5) is 0 Å². The van der Waals surface area contributed by atoms with Gasteiger partial charge in [0.1, 0.15) is 6.04 Å². The number of hydrogen-bond donors (Lipinski definition) is 3. The lowest BCUT2D eigenvalue weighted by atomic mass is 9.63. The highest BCUT2D eigenvalue weighted by Gasteiger charge is 2.42. The monoisotopic (exact) mass is 388 g/mol. The van der Waals surface area contributed by atoms with E-state index < -0.39 is 17.4 Å². The molecule has 2 atom stereocenters. The van der Waals surface area contributed by atoms with Crippen molar-refractivity contribution in [2.75, 3.05) is 0 Å². The van der Waals surface area contributed by atoms with Crippen LogP contribution in [0.15, 0.2) is 84.9 Å². The molecule has 0 amide bonds. The Morgan fingerprint density at radius 2 is 1.24 bits per heavy atom. The summed E-state index contributed by atoms with van der Waals surface area (Å²) >= 11 is 0. The van der Waals surface area contributed by atoms with E-state index >= 15 is 0 Å². The first-order valence-electron chi connectivity index (χ1n) is 9.88. The summed E-state index contributed by atoms with van der Waals surface area (Å²) in [6.45, 7) is 2.06. The molecule has 0 aliphatic rings. The predicted octanol–water partition coefficient (Wildman–Crippen LogP) is 3.85. The molecule has 0 aliphatic heterocycles. The van der Waals surface area contributed by atoms with E-state index in [9.17, 15) is 9.90 Å². The Labute approximate surface area is 172 Å². The first-order chi connectivity index (χ1) is 14.0. The summed E-state index contributed by atoms with van der Waals surface area (Å²) < 4.78 is 0. The van der Waals surface area contributed by atoms with Crippen LogP contribution in [0, 0.1) is 6.92 Å². The molecule has 0 bridgehead atoms. The van der Waals surface area contributed by atoms with Gasteiger partial charge in [-0.25, -0.2) is 0 Å². The van der Waals surface area contributed by atoms with Crippen molar-refractivity contribution < 1.29 is 9.90 Å². The highest BCUT2D eigenvalue weighted by atomic mass is 16.4. The smallest absolute Gasteiger partial charge is 0.320 e. The third kappa shape index (κ3) is 4.24. The summed E-state index contributed by atoms with van der Waals surface area (Å²) in [7, 11) is 0. The molecule has 0 saturated carbocycles. The molecule has 1 unspecified atom stereocenters. The molecule has 0 aliphatic carbocycles. The van der Waals surface area contributed by atoms with E-state index in [4.69, 9.17) is 11.5 Å². The van der Waals surface area contributed by atoms with Crippen LogP contribution >= 0.6 is 0 Å². The molecule has 5 N–H and O–H groups in total. The van der Waals surface area contributed by atoms with Crippen LogP contribution in [0.2, 0.25) is 0 Å². The number of aliphatic carboxylic acids is 1. The van der Waals surface area contributed by atoms with Gasteiger partial charge in [0.15, 0.2) is 0 Å². The molecule has 0 saturated heterocycles. The zero-order valence-electron chi connectivity index (χ0n) is 16.7. The number of carboxylic acid groups (broad SMARTS) is 1. The first kappa shape index (κ1) is 20.8. The van der Waals surface area contributed by atoms with Crippen LogP contribution in [-0.4, -0.2) is 23.2 Å². The number of benzene rings is 3. The molecule has 3 aromatic rings. The van der Waals surface area contributed by atoms with Gasteiger partial charge >= 0.3 is 5.97 Å². The number of carbonyl (C=O) groups is 1. The van der Waals surface area contributed by atoms with Crippen molar-refractivity contribution in [3.05, 3.63) is 107 Å². The Bertz CT molecular complexity index is 885. The van der Waals surface area contributed by atoms with Gasteiger partial charge < -0.3 is 16.6 Å². The number of carboxylic acids is 1. The van der Waals surface area contributed by atoms with Gasteiger partial charge in [-0.3, -0.25) is 4.79 Å².